The van der Waals surface area contributed by atoms with Crippen molar-refractivity contribution in [3.05, 3.63) is 0 Å². The number of rotatable bonds is 3. The van der Waals surface area contributed by atoms with Crippen LogP contribution in [0.25, 0.3) is 0 Å². The van der Waals surface area contributed by atoms with Gasteiger partial charge >= 0.3 is 0 Å². The van der Waals surface area contributed by atoms with Crippen LogP contribution in [0.2, 0.25) is 0 Å². The lowest BCUT2D eigenvalue weighted by atomic mass is 10.0. The Kier molecular flexibility index (Phi) is 3.53. The highest BCUT2D eigenvalue weighted by atomic mass is 35.5. The molecule has 1 atom stereocenters. The summed E-state index contributed by atoms with van der Waals surface area (Å²) in [6, 6.07) is -0.0610. The normalized spacial score (nSPS) is 21.7. The average molecular weight is 190 g/mol. The Morgan fingerprint density at radius 3 is 2.17 bits per heavy atom. The van der Waals surface area contributed by atoms with Gasteiger partial charge in [0.2, 0.25) is 5.24 Å². The summed E-state index contributed by atoms with van der Waals surface area (Å²) >= 11 is 5.54. The molecule has 2 nitrogen and oxygen atoms in total. The number of hydrogen-bond donors (Lipinski definition) is 0. The first-order valence-corrected chi connectivity index (χ1v) is 4.94. The summed E-state index contributed by atoms with van der Waals surface area (Å²) in [6.45, 7) is 6.15. The van der Waals surface area contributed by atoms with Crippen molar-refractivity contribution in [1.29, 1.82) is 0 Å². The molecule has 0 amide bonds. The van der Waals surface area contributed by atoms with Crippen LogP contribution < -0.4 is 0 Å². The van der Waals surface area contributed by atoms with Crippen molar-refractivity contribution in [2.45, 2.75) is 32.7 Å². The highest BCUT2D eigenvalue weighted by molar-refractivity contribution is 6.64. The molecule has 0 aromatic rings. The van der Waals surface area contributed by atoms with Gasteiger partial charge in [-0.25, -0.2) is 0 Å². The van der Waals surface area contributed by atoms with Crippen LogP contribution in [0.4, 0.5) is 0 Å². The van der Waals surface area contributed by atoms with E-state index in [1.165, 1.54) is 12.8 Å². The van der Waals surface area contributed by atoms with E-state index in [2.05, 4.69) is 4.90 Å². The summed E-state index contributed by atoms with van der Waals surface area (Å²) in [5, 5.41) is -0.202. The molecule has 0 bridgehead atoms. The molecular weight excluding hydrogens is 174 g/mol. The van der Waals surface area contributed by atoms with Gasteiger partial charge in [-0.15, -0.1) is 0 Å². The largest absolute Gasteiger partial charge is 0.292 e. The van der Waals surface area contributed by atoms with E-state index in [0.29, 0.717) is 5.92 Å². The van der Waals surface area contributed by atoms with Gasteiger partial charge in [0.25, 0.3) is 0 Å². The molecule has 1 aliphatic heterocycles. The molecule has 0 radical (unpaired) electrons. The van der Waals surface area contributed by atoms with Crippen molar-refractivity contribution in [3.8, 4) is 0 Å². The number of hydrogen-bond acceptors (Lipinski definition) is 2. The Hall–Kier alpha value is -0.0800. The molecule has 0 spiro atoms. The van der Waals surface area contributed by atoms with Gasteiger partial charge in [-0.1, -0.05) is 13.8 Å². The molecule has 1 fully saturated rings. The number of carbonyl (C=O) groups is 1. The third kappa shape index (κ3) is 2.20. The minimum Gasteiger partial charge on any atom is -0.292 e. The van der Waals surface area contributed by atoms with Crippen LogP contribution in [0.15, 0.2) is 0 Å². The monoisotopic (exact) mass is 189 g/mol. The maximum absolute atomic E-state index is 11.1. The predicted octanol–water partition coefficient (Wildman–Crippen LogP) is 1.87. The zero-order valence-corrected chi connectivity index (χ0v) is 8.47. The van der Waals surface area contributed by atoms with Crippen LogP contribution in [0, 0.1) is 5.92 Å². The summed E-state index contributed by atoms with van der Waals surface area (Å²) in [5.74, 6) is 0.327. The van der Waals surface area contributed by atoms with Gasteiger partial charge < -0.3 is 0 Å². The zero-order chi connectivity index (χ0) is 9.14. The quantitative estimate of drug-likeness (QED) is 0.632. The number of nitrogens with zero attached hydrogens (tertiary/aromatic N) is 1. The van der Waals surface area contributed by atoms with Crippen LogP contribution in [-0.2, 0) is 4.79 Å². The molecule has 1 heterocycles. The molecule has 0 N–H and O–H groups in total. The van der Waals surface area contributed by atoms with E-state index in [1.807, 2.05) is 13.8 Å². The molecular formula is C9H16ClNO. The number of halogens is 1. The van der Waals surface area contributed by atoms with Crippen LogP contribution in [-0.4, -0.2) is 29.3 Å². The van der Waals surface area contributed by atoms with E-state index >= 15 is 0 Å². The minimum absolute atomic E-state index is 0.0610. The highest BCUT2D eigenvalue weighted by Gasteiger charge is 2.29. The van der Waals surface area contributed by atoms with Crippen molar-refractivity contribution in [3.63, 3.8) is 0 Å². The summed E-state index contributed by atoms with van der Waals surface area (Å²) in [5.41, 5.74) is 0. The molecule has 3 heteroatoms. The molecule has 0 aliphatic carbocycles. The molecule has 0 aromatic heterocycles. The first-order valence-electron chi connectivity index (χ1n) is 4.56. The lowest BCUT2D eigenvalue weighted by Crippen LogP contribution is -2.41. The van der Waals surface area contributed by atoms with Crippen LogP contribution >= 0.6 is 11.6 Å². The molecule has 12 heavy (non-hydrogen) atoms. The second kappa shape index (κ2) is 4.24. The van der Waals surface area contributed by atoms with Gasteiger partial charge in [-0.3, -0.25) is 9.69 Å². The standard InChI is InChI=1S/C9H16ClNO/c1-7(2)8(9(10)12)11-5-3-4-6-11/h7-8H,3-6H2,1-2H3. The first kappa shape index (κ1) is 10.0. The lowest BCUT2D eigenvalue weighted by Gasteiger charge is -2.27. The van der Waals surface area contributed by atoms with Gasteiger partial charge in [0, 0.05) is 0 Å². The van der Waals surface area contributed by atoms with Gasteiger partial charge in [0.1, 0.15) is 0 Å². The SMILES string of the molecule is CC(C)C(C(=O)Cl)N1CCCC1. The molecule has 1 saturated heterocycles. The van der Waals surface area contributed by atoms with E-state index < -0.39 is 0 Å². The molecule has 1 aliphatic rings. The second-order valence-corrected chi connectivity index (χ2v) is 4.11. The van der Waals surface area contributed by atoms with Gasteiger partial charge in [-0.2, -0.15) is 0 Å². The molecule has 0 saturated carbocycles. The van der Waals surface area contributed by atoms with Gasteiger partial charge in [0.15, 0.2) is 0 Å². The Bertz CT molecular complexity index is 164. The fraction of sp³-hybridized carbons (Fsp3) is 0.889. The third-order valence-electron chi connectivity index (χ3n) is 2.40. The number of carbonyl (C=O) groups excluding carboxylic acids is 1. The van der Waals surface area contributed by atoms with E-state index in [9.17, 15) is 4.79 Å². The summed E-state index contributed by atoms with van der Waals surface area (Å²) in [6.07, 6.45) is 2.40. The Morgan fingerprint density at radius 2 is 1.83 bits per heavy atom. The van der Waals surface area contributed by atoms with Crippen LogP contribution in [0.5, 0.6) is 0 Å². The molecule has 1 unspecified atom stereocenters. The fourth-order valence-electron chi connectivity index (χ4n) is 1.85. The fourth-order valence-corrected chi connectivity index (χ4v) is 2.24. The Morgan fingerprint density at radius 1 is 1.33 bits per heavy atom. The van der Waals surface area contributed by atoms with E-state index in [0.717, 1.165) is 13.1 Å². The smallest absolute Gasteiger partial charge is 0.239 e. The van der Waals surface area contributed by atoms with Crippen molar-refractivity contribution < 1.29 is 4.79 Å². The van der Waals surface area contributed by atoms with E-state index in [1.54, 1.807) is 0 Å². The first-order chi connectivity index (χ1) is 5.63. The van der Waals surface area contributed by atoms with Crippen LogP contribution in [0.3, 0.4) is 0 Å². The minimum atomic E-state index is -0.202. The maximum atomic E-state index is 11.1. The second-order valence-electron chi connectivity index (χ2n) is 3.74. The maximum Gasteiger partial charge on any atom is 0.239 e. The van der Waals surface area contributed by atoms with Crippen molar-refractivity contribution in [2.75, 3.05) is 13.1 Å². The topological polar surface area (TPSA) is 20.3 Å². The van der Waals surface area contributed by atoms with Crippen LogP contribution in [0.1, 0.15) is 26.7 Å². The Labute approximate surface area is 78.9 Å². The molecule has 70 valence electrons. The summed E-state index contributed by atoms with van der Waals surface area (Å²) in [4.78, 5) is 13.3. The van der Waals surface area contributed by atoms with Crippen molar-refractivity contribution in [2.24, 2.45) is 5.92 Å². The van der Waals surface area contributed by atoms with Crippen molar-refractivity contribution >= 4 is 16.8 Å². The third-order valence-corrected chi connectivity index (χ3v) is 2.62. The number of likely N-dealkylation sites (tertiary alicyclic amines) is 1. The predicted molar refractivity (Wildman–Crippen MR) is 50.3 cm³/mol. The van der Waals surface area contributed by atoms with Gasteiger partial charge in [-0.05, 0) is 43.5 Å². The van der Waals surface area contributed by atoms with E-state index in [4.69, 9.17) is 11.6 Å². The molecule has 0 aromatic carbocycles. The van der Waals surface area contributed by atoms with E-state index in [-0.39, 0.29) is 11.3 Å². The molecule has 1 rings (SSSR count). The average Bonchev–Trinajstić information content (AvgIpc) is 2.37. The lowest BCUT2D eigenvalue weighted by molar-refractivity contribution is -0.117. The zero-order valence-electron chi connectivity index (χ0n) is 7.72. The van der Waals surface area contributed by atoms with Gasteiger partial charge in [0.05, 0.1) is 6.04 Å². The summed E-state index contributed by atoms with van der Waals surface area (Å²) in [7, 11) is 0. The van der Waals surface area contributed by atoms with Crippen molar-refractivity contribution in [1.82, 2.24) is 4.90 Å². The summed E-state index contributed by atoms with van der Waals surface area (Å²) < 4.78 is 0. The highest BCUT2D eigenvalue weighted by Crippen LogP contribution is 2.19. The Balaban J connectivity index is 2.58.